The number of hydrogen-bond acceptors (Lipinski definition) is 7. The van der Waals surface area contributed by atoms with Crippen molar-refractivity contribution in [2.24, 2.45) is 0 Å². The number of anilines is 1. The van der Waals surface area contributed by atoms with Crippen LogP contribution in [0.3, 0.4) is 0 Å². The first-order valence-corrected chi connectivity index (χ1v) is 15.3. The molecule has 0 aliphatic heterocycles. The molecular formula is C36H27FN4O4S. The number of thioether (sulfide) groups is 1. The third-order valence-corrected chi connectivity index (χ3v) is 8.34. The first kappa shape index (κ1) is 30.4. The molecule has 0 spiro atoms. The highest BCUT2D eigenvalue weighted by molar-refractivity contribution is 7.98. The van der Waals surface area contributed by atoms with E-state index in [0.717, 1.165) is 5.56 Å². The standard InChI is InChI=1S/C36H27FN4O4S/c1-45-35(44)28-17-16-23(20-32(28)39-33(42)24-9-3-2-4-10-24)19-25-11-7-14-30(37)29(25)22-46-36-40-31-15-6-5-13-27(31)34(43)41(36)26-12-8-18-38-21-26/h2-18,20-21H,19,22H2,1H3,(H,39,42). The van der Waals surface area contributed by atoms with Crippen LogP contribution in [0.2, 0.25) is 0 Å². The van der Waals surface area contributed by atoms with E-state index in [1.165, 1.54) is 29.5 Å². The van der Waals surface area contributed by atoms with Crippen LogP contribution in [-0.2, 0) is 16.9 Å². The smallest absolute Gasteiger partial charge is 0.339 e. The number of pyridine rings is 1. The highest BCUT2D eigenvalue weighted by atomic mass is 32.2. The van der Waals surface area contributed by atoms with Crippen LogP contribution in [0.5, 0.6) is 0 Å². The maximum absolute atomic E-state index is 15.4. The molecule has 2 heterocycles. The lowest BCUT2D eigenvalue weighted by Crippen LogP contribution is -2.22. The average Bonchev–Trinajstić information content (AvgIpc) is 3.08. The van der Waals surface area contributed by atoms with Crippen LogP contribution in [0.1, 0.15) is 37.4 Å². The molecule has 10 heteroatoms. The van der Waals surface area contributed by atoms with Crippen LogP contribution < -0.4 is 10.9 Å². The van der Waals surface area contributed by atoms with Crippen molar-refractivity contribution in [3.05, 3.63) is 160 Å². The van der Waals surface area contributed by atoms with Crippen LogP contribution in [0.25, 0.3) is 16.6 Å². The summed E-state index contributed by atoms with van der Waals surface area (Å²) in [5, 5.41) is 3.69. The van der Waals surface area contributed by atoms with Gasteiger partial charge in [-0.05, 0) is 72.1 Å². The van der Waals surface area contributed by atoms with Crippen molar-refractivity contribution in [3.8, 4) is 5.69 Å². The lowest BCUT2D eigenvalue weighted by molar-refractivity contribution is 0.0602. The third-order valence-electron chi connectivity index (χ3n) is 7.38. The Labute approximate surface area is 267 Å². The van der Waals surface area contributed by atoms with E-state index >= 15 is 4.39 Å². The van der Waals surface area contributed by atoms with E-state index in [4.69, 9.17) is 9.72 Å². The molecular weight excluding hydrogens is 603 g/mol. The molecule has 0 saturated heterocycles. The molecule has 0 radical (unpaired) electrons. The monoisotopic (exact) mass is 630 g/mol. The molecule has 6 rings (SSSR count). The Hall–Kier alpha value is -5.61. The maximum atomic E-state index is 15.4. The topological polar surface area (TPSA) is 103 Å². The fourth-order valence-electron chi connectivity index (χ4n) is 5.09. The number of halogens is 1. The molecule has 8 nitrogen and oxygen atoms in total. The number of fused-ring (bicyclic) bond motifs is 1. The number of carbonyl (C=O) groups is 2. The van der Waals surface area contributed by atoms with Crippen LogP contribution in [0.4, 0.5) is 10.1 Å². The van der Waals surface area contributed by atoms with Crippen molar-refractivity contribution in [1.29, 1.82) is 0 Å². The van der Waals surface area contributed by atoms with Crippen molar-refractivity contribution in [2.45, 2.75) is 17.3 Å². The number of rotatable bonds is 9. The van der Waals surface area contributed by atoms with Gasteiger partial charge in [-0.3, -0.25) is 19.1 Å². The number of benzene rings is 4. The Kier molecular flexibility index (Phi) is 8.98. The molecule has 0 atom stereocenters. The molecule has 1 N–H and O–H groups in total. The van der Waals surface area contributed by atoms with Gasteiger partial charge in [0.15, 0.2) is 5.16 Å². The van der Waals surface area contributed by atoms with Crippen molar-refractivity contribution < 1.29 is 18.7 Å². The number of methoxy groups -OCH3 is 1. The van der Waals surface area contributed by atoms with Gasteiger partial charge in [-0.2, -0.15) is 0 Å². The van der Waals surface area contributed by atoms with E-state index in [1.54, 1.807) is 97.3 Å². The Morgan fingerprint density at radius 1 is 0.935 bits per heavy atom. The van der Waals surface area contributed by atoms with Crippen LogP contribution in [0, 0.1) is 5.82 Å². The number of nitrogens with one attached hydrogen (secondary N) is 1. The predicted molar refractivity (Wildman–Crippen MR) is 176 cm³/mol. The van der Waals surface area contributed by atoms with Crippen LogP contribution in [-0.4, -0.2) is 33.5 Å². The molecule has 4 aromatic carbocycles. The summed E-state index contributed by atoms with van der Waals surface area (Å²) in [6.45, 7) is 0. The zero-order valence-corrected chi connectivity index (χ0v) is 25.5. The van der Waals surface area contributed by atoms with E-state index < -0.39 is 11.8 Å². The Morgan fingerprint density at radius 3 is 2.52 bits per heavy atom. The van der Waals surface area contributed by atoms with Crippen LogP contribution in [0.15, 0.2) is 125 Å². The molecule has 2 aromatic heterocycles. The molecule has 0 bridgehead atoms. The van der Waals surface area contributed by atoms with Gasteiger partial charge in [0.2, 0.25) is 0 Å². The molecule has 228 valence electrons. The summed E-state index contributed by atoms with van der Waals surface area (Å²) < 4.78 is 21.9. The SMILES string of the molecule is COC(=O)c1ccc(Cc2cccc(F)c2CSc2nc3ccccc3c(=O)n2-c2cccnc2)cc1NC(=O)c1ccccc1. The van der Waals surface area contributed by atoms with E-state index in [9.17, 15) is 14.4 Å². The normalized spacial score (nSPS) is 10.9. The number of para-hydroxylation sites is 1. The molecule has 1 amide bonds. The van der Waals surface area contributed by atoms with Gasteiger partial charge in [-0.25, -0.2) is 14.2 Å². The van der Waals surface area contributed by atoms with Gasteiger partial charge in [0.05, 0.1) is 41.1 Å². The quantitative estimate of drug-likeness (QED) is 0.106. The lowest BCUT2D eigenvalue weighted by atomic mass is 9.98. The summed E-state index contributed by atoms with van der Waals surface area (Å²) in [5.74, 6) is -1.19. The maximum Gasteiger partial charge on any atom is 0.339 e. The highest BCUT2D eigenvalue weighted by Gasteiger charge is 2.19. The van der Waals surface area contributed by atoms with Crippen molar-refractivity contribution in [1.82, 2.24) is 14.5 Å². The molecule has 6 aromatic rings. The van der Waals surface area contributed by atoms with Crippen molar-refractivity contribution >= 4 is 40.2 Å². The minimum Gasteiger partial charge on any atom is -0.465 e. The Morgan fingerprint density at radius 2 is 1.74 bits per heavy atom. The molecule has 0 aliphatic rings. The fraction of sp³-hybridized carbons (Fsp3) is 0.0833. The van der Waals surface area contributed by atoms with E-state index in [1.807, 2.05) is 12.1 Å². The number of aromatic nitrogens is 3. The van der Waals surface area contributed by atoms with Gasteiger partial charge in [-0.1, -0.05) is 60.3 Å². The molecule has 0 unspecified atom stereocenters. The number of ether oxygens (including phenoxy) is 1. The van der Waals surface area contributed by atoms with Crippen LogP contribution >= 0.6 is 11.8 Å². The number of hydrogen-bond donors (Lipinski definition) is 1. The third kappa shape index (κ3) is 6.43. The number of carbonyl (C=O) groups excluding carboxylic acids is 2. The minimum absolute atomic E-state index is 0.185. The second-order valence-electron chi connectivity index (χ2n) is 10.3. The second-order valence-corrected chi connectivity index (χ2v) is 11.2. The van der Waals surface area contributed by atoms with Gasteiger partial charge < -0.3 is 10.1 Å². The summed E-state index contributed by atoms with van der Waals surface area (Å²) in [6, 6.07) is 29.2. The average molecular weight is 631 g/mol. The van der Waals surface area contributed by atoms with E-state index in [0.29, 0.717) is 44.9 Å². The zero-order valence-electron chi connectivity index (χ0n) is 24.6. The zero-order chi connectivity index (χ0) is 32.0. The first-order valence-electron chi connectivity index (χ1n) is 14.3. The largest absolute Gasteiger partial charge is 0.465 e. The van der Waals surface area contributed by atoms with Gasteiger partial charge in [0, 0.05) is 23.1 Å². The summed E-state index contributed by atoms with van der Waals surface area (Å²) in [6.07, 6.45) is 3.52. The number of nitrogens with zero attached hydrogens (tertiary/aromatic N) is 3. The Bertz CT molecular complexity index is 2120. The van der Waals surface area contributed by atoms with Gasteiger partial charge >= 0.3 is 5.97 Å². The van der Waals surface area contributed by atoms with E-state index in [-0.39, 0.29) is 28.5 Å². The number of amides is 1. The summed E-state index contributed by atoms with van der Waals surface area (Å²) in [7, 11) is 1.27. The molecule has 0 fully saturated rings. The van der Waals surface area contributed by atoms with Crippen molar-refractivity contribution in [3.63, 3.8) is 0 Å². The minimum atomic E-state index is -0.597. The number of esters is 1. The summed E-state index contributed by atoms with van der Waals surface area (Å²) in [4.78, 5) is 48.0. The van der Waals surface area contributed by atoms with Gasteiger partial charge in [0.1, 0.15) is 5.82 Å². The van der Waals surface area contributed by atoms with Gasteiger partial charge in [-0.15, -0.1) is 0 Å². The fourth-order valence-corrected chi connectivity index (χ4v) is 6.16. The van der Waals surface area contributed by atoms with E-state index in [2.05, 4.69) is 10.3 Å². The second kappa shape index (κ2) is 13.6. The molecule has 46 heavy (non-hydrogen) atoms. The summed E-state index contributed by atoms with van der Waals surface area (Å²) >= 11 is 1.25. The molecule has 0 saturated carbocycles. The Balaban J connectivity index is 1.33. The summed E-state index contributed by atoms with van der Waals surface area (Å²) in [5.41, 5.74) is 3.65. The van der Waals surface area contributed by atoms with Crippen molar-refractivity contribution in [2.75, 3.05) is 12.4 Å². The predicted octanol–water partition coefficient (Wildman–Crippen LogP) is 6.84. The lowest BCUT2D eigenvalue weighted by Gasteiger charge is -2.16. The first-order chi connectivity index (χ1) is 22.4. The highest BCUT2D eigenvalue weighted by Crippen LogP contribution is 2.29. The van der Waals surface area contributed by atoms with Gasteiger partial charge in [0.25, 0.3) is 11.5 Å². The molecule has 0 aliphatic carbocycles.